The first kappa shape index (κ1) is 16.9. The summed E-state index contributed by atoms with van der Waals surface area (Å²) in [5.41, 5.74) is 0. The second kappa shape index (κ2) is 7.59. The van der Waals surface area contributed by atoms with Gasteiger partial charge in [-0.2, -0.15) is 0 Å². The number of carbonyl (C=O) groups excluding carboxylic acids is 1. The Kier molecular flexibility index (Phi) is 6.42. The number of ether oxygens (including phenoxy) is 1. The number of nitrogens with one attached hydrogen (secondary N) is 2. The lowest BCUT2D eigenvalue weighted by Gasteiger charge is -2.15. The first-order valence-corrected chi connectivity index (χ1v) is 7.92. The molecule has 20 heavy (non-hydrogen) atoms. The third kappa shape index (κ3) is 5.09. The molecule has 3 N–H and O–H groups in total. The summed E-state index contributed by atoms with van der Waals surface area (Å²) < 4.78 is 31.0. The number of hydrogen-bond donors (Lipinski definition) is 3. The van der Waals surface area contributed by atoms with Gasteiger partial charge in [0, 0.05) is 26.7 Å². The van der Waals surface area contributed by atoms with Crippen molar-refractivity contribution in [1.29, 1.82) is 0 Å². The molecule has 0 aliphatic carbocycles. The predicted octanol–water partition coefficient (Wildman–Crippen LogP) is -0.828. The van der Waals surface area contributed by atoms with Crippen LogP contribution in [0.5, 0.6) is 0 Å². The van der Waals surface area contributed by atoms with Crippen molar-refractivity contribution in [2.24, 2.45) is 0 Å². The second-order valence-electron chi connectivity index (χ2n) is 3.84. The standard InChI is InChI=1S/C9H16N4O5S2/c1-6(15)10-8-11-12-9(19-8)20(16,17)13-7(3-4-14)5-18-2/h7,13-14H,3-5H2,1-2H3,(H,10,11,15). The van der Waals surface area contributed by atoms with E-state index < -0.39 is 16.1 Å². The Morgan fingerprint density at radius 1 is 1.50 bits per heavy atom. The molecular weight excluding hydrogens is 308 g/mol. The van der Waals surface area contributed by atoms with E-state index in [1.54, 1.807) is 0 Å². The van der Waals surface area contributed by atoms with E-state index in [9.17, 15) is 13.2 Å². The van der Waals surface area contributed by atoms with Gasteiger partial charge in [-0.3, -0.25) is 4.79 Å². The van der Waals surface area contributed by atoms with Crippen LogP contribution in [0, 0.1) is 0 Å². The lowest BCUT2D eigenvalue weighted by Crippen LogP contribution is -2.38. The largest absolute Gasteiger partial charge is 0.396 e. The van der Waals surface area contributed by atoms with Crippen molar-refractivity contribution >= 4 is 32.4 Å². The highest BCUT2D eigenvalue weighted by Gasteiger charge is 2.24. The Bertz CT molecular complexity index is 538. The van der Waals surface area contributed by atoms with Crippen molar-refractivity contribution in [2.75, 3.05) is 25.6 Å². The van der Waals surface area contributed by atoms with Gasteiger partial charge < -0.3 is 15.2 Å². The van der Waals surface area contributed by atoms with Crippen molar-refractivity contribution < 1.29 is 23.1 Å². The molecule has 0 radical (unpaired) electrons. The van der Waals surface area contributed by atoms with Gasteiger partial charge in [0.2, 0.25) is 15.4 Å². The van der Waals surface area contributed by atoms with Gasteiger partial charge in [0.1, 0.15) is 0 Å². The van der Waals surface area contributed by atoms with Crippen molar-refractivity contribution in [1.82, 2.24) is 14.9 Å². The average Bonchev–Trinajstić information content (AvgIpc) is 2.77. The maximum atomic E-state index is 12.0. The van der Waals surface area contributed by atoms with Gasteiger partial charge >= 0.3 is 0 Å². The molecule has 0 fully saturated rings. The molecule has 1 amide bonds. The molecular formula is C9H16N4O5S2. The number of aliphatic hydroxyl groups excluding tert-OH is 1. The molecule has 1 aromatic rings. The zero-order valence-corrected chi connectivity index (χ0v) is 12.6. The number of sulfonamides is 1. The summed E-state index contributed by atoms with van der Waals surface area (Å²) in [6, 6.07) is -0.567. The number of rotatable bonds is 8. The molecule has 0 aromatic carbocycles. The molecule has 1 rings (SSSR count). The molecule has 1 aromatic heterocycles. The van der Waals surface area contributed by atoms with Crippen LogP contribution in [-0.4, -0.2) is 56.0 Å². The molecule has 0 aliphatic rings. The number of methoxy groups -OCH3 is 1. The van der Waals surface area contributed by atoms with E-state index in [1.807, 2.05) is 0 Å². The van der Waals surface area contributed by atoms with Crippen LogP contribution in [0.4, 0.5) is 5.13 Å². The molecule has 0 saturated heterocycles. The zero-order valence-electron chi connectivity index (χ0n) is 11.0. The highest BCUT2D eigenvalue weighted by molar-refractivity contribution is 7.91. The minimum Gasteiger partial charge on any atom is -0.396 e. The van der Waals surface area contributed by atoms with Crippen LogP contribution in [0.15, 0.2) is 4.34 Å². The van der Waals surface area contributed by atoms with Crippen LogP contribution in [-0.2, 0) is 19.6 Å². The van der Waals surface area contributed by atoms with Crippen LogP contribution >= 0.6 is 11.3 Å². The summed E-state index contributed by atoms with van der Waals surface area (Å²) in [5, 5.41) is 18.4. The normalized spacial score (nSPS) is 13.2. The SMILES string of the molecule is COCC(CCO)NS(=O)(=O)c1nnc(NC(C)=O)s1. The molecule has 0 spiro atoms. The van der Waals surface area contributed by atoms with E-state index in [2.05, 4.69) is 20.2 Å². The van der Waals surface area contributed by atoms with Crippen molar-refractivity contribution in [3.8, 4) is 0 Å². The Hall–Kier alpha value is -1.14. The lowest BCUT2D eigenvalue weighted by atomic mass is 10.2. The maximum Gasteiger partial charge on any atom is 0.270 e. The van der Waals surface area contributed by atoms with Crippen LogP contribution in [0.3, 0.4) is 0 Å². The van der Waals surface area contributed by atoms with Crippen LogP contribution < -0.4 is 10.0 Å². The predicted molar refractivity (Wildman–Crippen MR) is 71.9 cm³/mol. The van der Waals surface area contributed by atoms with Crippen LogP contribution in [0.2, 0.25) is 0 Å². The van der Waals surface area contributed by atoms with Gasteiger partial charge in [-0.1, -0.05) is 11.3 Å². The Labute approximate surface area is 120 Å². The molecule has 1 unspecified atom stereocenters. The van der Waals surface area contributed by atoms with Crippen LogP contribution in [0.25, 0.3) is 0 Å². The van der Waals surface area contributed by atoms with Gasteiger partial charge in [-0.15, -0.1) is 10.2 Å². The minimum atomic E-state index is -3.87. The molecule has 114 valence electrons. The topological polar surface area (TPSA) is 131 Å². The van der Waals surface area contributed by atoms with Crippen molar-refractivity contribution in [3.63, 3.8) is 0 Å². The summed E-state index contributed by atoms with van der Waals surface area (Å²) in [7, 11) is -2.44. The van der Waals surface area contributed by atoms with Crippen molar-refractivity contribution in [3.05, 3.63) is 0 Å². The van der Waals surface area contributed by atoms with Crippen LogP contribution in [0.1, 0.15) is 13.3 Å². The fourth-order valence-corrected chi connectivity index (χ4v) is 3.54. The summed E-state index contributed by atoms with van der Waals surface area (Å²) in [6.45, 7) is 1.23. The van der Waals surface area contributed by atoms with E-state index in [4.69, 9.17) is 9.84 Å². The Balaban J connectivity index is 2.81. The first-order valence-electron chi connectivity index (χ1n) is 5.62. The van der Waals surface area contributed by atoms with Gasteiger partial charge in [0.15, 0.2) is 0 Å². The Morgan fingerprint density at radius 2 is 2.20 bits per heavy atom. The first-order chi connectivity index (χ1) is 9.39. The summed E-state index contributed by atoms with van der Waals surface area (Å²) in [4.78, 5) is 10.8. The average molecular weight is 324 g/mol. The number of anilines is 1. The lowest BCUT2D eigenvalue weighted by molar-refractivity contribution is -0.114. The second-order valence-corrected chi connectivity index (χ2v) is 6.71. The molecule has 0 saturated carbocycles. The number of amides is 1. The molecule has 1 atom stereocenters. The number of nitrogens with zero attached hydrogens (tertiary/aromatic N) is 2. The number of aromatic nitrogens is 2. The fraction of sp³-hybridized carbons (Fsp3) is 0.667. The fourth-order valence-electron chi connectivity index (χ4n) is 1.32. The van der Waals surface area contributed by atoms with E-state index in [0.29, 0.717) is 0 Å². The molecule has 0 aliphatic heterocycles. The number of hydrogen-bond acceptors (Lipinski definition) is 8. The molecule has 9 nitrogen and oxygen atoms in total. The third-order valence-electron chi connectivity index (χ3n) is 2.09. The van der Waals surface area contributed by atoms with Gasteiger partial charge in [-0.05, 0) is 6.42 Å². The van der Waals surface area contributed by atoms with Gasteiger partial charge in [-0.25, -0.2) is 13.1 Å². The van der Waals surface area contributed by atoms with Crippen molar-refractivity contribution in [2.45, 2.75) is 23.7 Å². The molecule has 1 heterocycles. The van der Waals surface area contributed by atoms with E-state index >= 15 is 0 Å². The Morgan fingerprint density at radius 3 is 2.75 bits per heavy atom. The van der Waals surface area contributed by atoms with Gasteiger partial charge in [0.25, 0.3) is 10.0 Å². The minimum absolute atomic E-state index is 0.100. The molecule has 0 bridgehead atoms. The maximum absolute atomic E-state index is 12.0. The number of aliphatic hydroxyl groups is 1. The van der Waals surface area contributed by atoms with E-state index in [1.165, 1.54) is 14.0 Å². The summed E-state index contributed by atoms with van der Waals surface area (Å²) >= 11 is 0.738. The molecule has 11 heteroatoms. The summed E-state index contributed by atoms with van der Waals surface area (Å²) in [5.74, 6) is -0.365. The zero-order chi connectivity index (χ0) is 15.2. The van der Waals surface area contributed by atoms with E-state index in [0.717, 1.165) is 11.3 Å². The highest BCUT2D eigenvalue weighted by Crippen LogP contribution is 2.20. The smallest absolute Gasteiger partial charge is 0.270 e. The highest BCUT2D eigenvalue weighted by atomic mass is 32.2. The van der Waals surface area contributed by atoms with Gasteiger partial charge in [0.05, 0.1) is 6.61 Å². The number of carbonyl (C=O) groups is 1. The van der Waals surface area contributed by atoms with E-state index in [-0.39, 0.29) is 35.0 Å². The monoisotopic (exact) mass is 324 g/mol. The third-order valence-corrected chi connectivity index (χ3v) is 4.81. The quantitative estimate of drug-likeness (QED) is 0.532. The summed E-state index contributed by atoms with van der Waals surface area (Å²) in [6.07, 6.45) is 0.213.